The van der Waals surface area contributed by atoms with E-state index in [1.54, 1.807) is 0 Å². The second-order valence-corrected chi connectivity index (χ2v) is 2.92. The first kappa shape index (κ1) is 8.24. The van der Waals surface area contributed by atoms with Crippen molar-refractivity contribution in [3.05, 3.63) is 0 Å². The molecule has 0 aromatic rings. The highest BCUT2D eigenvalue weighted by Crippen LogP contribution is 2.32. The van der Waals surface area contributed by atoms with Crippen LogP contribution >= 0.6 is 0 Å². The van der Waals surface area contributed by atoms with Crippen LogP contribution < -0.4 is 0 Å². The third-order valence-electron chi connectivity index (χ3n) is 1.79. The lowest BCUT2D eigenvalue weighted by molar-refractivity contribution is -0.111. The normalized spacial score (nSPS) is 18.2. The Hall–Kier alpha value is -0.860. The maximum absolute atomic E-state index is 10.9. The lowest BCUT2D eigenvalue weighted by Crippen LogP contribution is -2.10. The van der Waals surface area contributed by atoms with Crippen LogP contribution in [0.25, 0.3) is 0 Å². The first-order valence-corrected chi connectivity index (χ1v) is 3.85. The van der Waals surface area contributed by atoms with Crippen molar-refractivity contribution in [3.8, 4) is 0 Å². The van der Waals surface area contributed by atoms with Gasteiger partial charge in [-0.2, -0.15) is 0 Å². The Morgan fingerprint density at radius 2 is 2.27 bits per heavy atom. The zero-order valence-electron chi connectivity index (χ0n) is 6.96. The Labute approximate surface area is 66.4 Å². The molecule has 3 nitrogen and oxygen atoms in total. The first-order valence-electron chi connectivity index (χ1n) is 3.85. The molecule has 1 aliphatic rings. The number of carbonyl (C=O) groups is 1. The minimum atomic E-state index is 0.0266. The summed E-state index contributed by atoms with van der Waals surface area (Å²) >= 11 is 0. The number of nitrogens with zero attached hydrogens (tertiary/aromatic N) is 1. The van der Waals surface area contributed by atoms with Crippen LogP contribution in [0.5, 0.6) is 0 Å². The average molecular weight is 155 g/mol. The third-order valence-corrected chi connectivity index (χ3v) is 1.79. The highest BCUT2D eigenvalue weighted by molar-refractivity contribution is 6.38. The monoisotopic (exact) mass is 155 g/mol. The zero-order chi connectivity index (χ0) is 8.27. The van der Waals surface area contributed by atoms with Gasteiger partial charge in [0.1, 0.15) is 12.8 Å². The van der Waals surface area contributed by atoms with Gasteiger partial charge in [0.2, 0.25) is 0 Å². The minimum Gasteiger partial charge on any atom is -0.399 e. The summed E-state index contributed by atoms with van der Waals surface area (Å²) in [5.74, 6) is 0.714. The maximum atomic E-state index is 10.9. The molecule has 11 heavy (non-hydrogen) atoms. The predicted molar refractivity (Wildman–Crippen MR) is 42.5 cm³/mol. The summed E-state index contributed by atoms with van der Waals surface area (Å²) in [6, 6.07) is 0. The summed E-state index contributed by atoms with van der Waals surface area (Å²) in [6.45, 7) is 1.53. The molecule has 0 aromatic heterocycles. The molecule has 62 valence electrons. The van der Waals surface area contributed by atoms with Crippen LogP contribution in [-0.2, 0) is 9.63 Å². The van der Waals surface area contributed by atoms with Gasteiger partial charge in [0, 0.05) is 6.92 Å². The standard InChI is InChI=1S/C8H13NO2/c1-6(10)8(9-11-2)5-7-3-4-7/h7H,3-5H2,1-2H3/b9-8+. The SMILES string of the molecule is CO/N=C(\CC1CC1)C(C)=O. The second kappa shape index (κ2) is 3.51. The molecule has 0 spiro atoms. The first-order chi connectivity index (χ1) is 5.24. The molecule has 1 aliphatic carbocycles. The van der Waals surface area contributed by atoms with Crippen LogP contribution in [0.2, 0.25) is 0 Å². The highest BCUT2D eigenvalue weighted by Gasteiger charge is 2.25. The number of ketones is 1. The van der Waals surface area contributed by atoms with Crippen molar-refractivity contribution in [2.45, 2.75) is 26.2 Å². The van der Waals surface area contributed by atoms with Gasteiger partial charge in [0.25, 0.3) is 0 Å². The van der Waals surface area contributed by atoms with Crippen molar-refractivity contribution in [2.75, 3.05) is 7.11 Å². The van der Waals surface area contributed by atoms with Gasteiger partial charge in [-0.25, -0.2) is 0 Å². The van der Waals surface area contributed by atoms with Crippen molar-refractivity contribution in [1.29, 1.82) is 0 Å². The molecule has 1 rings (SSSR count). The lowest BCUT2D eigenvalue weighted by atomic mass is 10.1. The number of Topliss-reactive ketones (excluding diaryl/α,β-unsaturated/α-hetero) is 1. The minimum absolute atomic E-state index is 0.0266. The fourth-order valence-corrected chi connectivity index (χ4v) is 0.951. The van der Waals surface area contributed by atoms with Crippen LogP contribution in [0.3, 0.4) is 0 Å². The van der Waals surface area contributed by atoms with E-state index in [0.717, 1.165) is 6.42 Å². The summed E-state index contributed by atoms with van der Waals surface area (Å²) in [5, 5.41) is 3.67. The van der Waals surface area contributed by atoms with Crippen LogP contribution in [0.15, 0.2) is 5.16 Å². The van der Waals surface area contributed by atoms with Crippen LogP contribution in [0.1, 0.15) is 26.2 Å². The molecule has 1 fully saturated rings. The number of hydrogen-bond donors (Lipinski definition) is 0. The second-order valence-electron chi connectivity index (χ2n) is 2.92. The van der Waals surface area contributed by atoms with Crippen LogP contribution in [-0.4, -0.2) is 18.6 Å². The number of carbonyl (C=O) groups excluding carboxylic acids is 1. The molecular weight excluding hydrogens is 142 g/mol. The van der Waals surface area contributed by atoms with E-state index in [9.17, 15) is 4.79 Å². The molecule has 0 bridgehead atoms. The molecule has 3 heteroatoms. The van der Waals surface area contributed by atoms with Gasteiger partial charge >= 0.3 is 0 Å². The molecule has 0 aliphatic heterocycles. The lowest BCUT2D eigenvalue weighted by Gasteiger charge is -1.98. The molecule has 0 heterocycles. The van der Waals surface area contributed by atoms with Crippen LogP contribution in [0, 0.1) is 5.92 Å². The zero-order valence-corrected chi connectivity index (χ0v) is 6.96. The van der Waals surface area contributed by atoms with E-state index in [4.69, 9.17) is 0 Å². The van der Waals surface area contributed by atoms with Gasteiger partial charge in [-0.15, -0.1) is 0 Å². The van der Waals surface area contributed by atoms with Gasteiger partial charge in [0.15, 0.2) is 5.78 Å². The van der Waals surface area contributed by atoms with Crippen molar-refractivity contribution in [1.82, 2.24) is 0 Å². The van der Waals surface area contributed by atoms with E-state index >= 15 is 0 Å². The molecule has 0 saturated heterocycles. The Bertz CT molecular complexity index is 183. The van der Waals surface area contributed by atoms with Crippen molar-refractivity contribution < 1.29 is 9.63 Å². The predicted octanol–water partition coefficient (Wildman–Crippen LogP) is 1.38. The Kier molecular flexibility index (Phi) is 2.63. The van der Waals surface area contributed by atoms with Gasteiger partial charge in [-0.3, -0.25) is 4.79 Å². The molecule has 0 unspecified atom stereocenters. The van der Waals surface area contributed by atoms with Gasteiger partial charge in [-0.1, -0.05) is 5.16 Å². The summed E-state index contributed by atoms with van der Waals surface area (Å²) < 4.78 is 0. The third kappa shape index (κ3) is 2.70. The van der Waals surface area contributed by atoms with Crippen molar-refractivity contribution in [3.63, 3.8) is 0 Å². The molecule has 0 atom stereocenters. The summed E-state index contributed by atoms with van der Waals surface area (Å²) in [6.07, 6.45) is 3.26. The summed E-state index contributed by atoms with van der Waals surface area (Å²) in [7, 11) is 1.47. The molecule has 1 saturated carbocycles. The van der Waals surface area contributed by atoms with Gasteiger partial charge in [0.05, 0.1) is 0 Å². The Morgan fingerprint density at radius 3 is 2.64 bits per heavy atom. The Balaban J connectivity index is 2.43. The number of rotatable bonds is 4. The molecule has 0 N–H and O–H groups in total. The molecular formula is C8H13NO2. The van der Waals surface area contributed by atoms with Gasteiger partial charge < -0.3 is 4.84 Å². The average Bonchev–Trinajstić information content (AvgIpc) is 2.70. The van der Waals surface area contributed by atoms with Crippen molar-refractivity contribution in [2.24, 2.45) is 11.1 Å². The summed E-state index contributed by atoms with van der Waals surface area (Å²) in [5.41, 5.74) is 0.579. The van der Waals surface area contributed by atoms with E-state index in [1.165, 1.54) is 26.9 Å². The van der Waals surface area contributed by atoms with E-state index in [-0.39, 0.29) is 5.78 Å². The molecule has 0 amide bonds. The molecule has 0 aromatic carbocycles. The quantitative estimate of drug-likeness (QED) is 0.454. The summed E-state index contributed by atoms with van der Waals surface area (Å²) in [4.78, 5) is 15.4. The van der Waals surface area contributed by atoms with E-state index < -0.39 is 0 Å². The van der Waals surface area contributed by atoms with E-state index in [1.807, 2.05) is 0 Å². The maximum Gasteiger partial charge on any atom is 0.177 e. The fourth-order valence-electron chi connectivity index (χ4n) is 0.951. The van der Waals surface area contributed by atoms with E-state index in [0.29, 0.717) is 11.6 Å². The number of oxime groups is 1. The molecule has 0 radical (unpaired) electrons. The fraction of sp³-hybridized carbons (Fsp3) is 0.750. The van der Waals surface area contributed by atoms with Crippen molar-refractivity contribution >= 4 is 11.5 Å². The highest BCUT2D eigenvalue weighted by atomic mass is 16.6. The largest absolute Gasteiger partial charge is 0.399 e. The number of hydrogen-bond acceptors (Lipinski definition) is 3. The van der Waals surface area contributed by atoms with Crippen LogP contribution in [0.4, 0.5) is 0 Å². The smallest absolute Gasteiger partial charge is 0.177 e. The van der Waals surface area contributed by atoms with Gasteiger partial charge in [-0.05, 0) is 25.2 Å². The van der Waals surface area contributed by atoms with E-state index in [2.05, 4.69) is 9.99 Å². The topological polar surface area (TPSA) is 38.7 Å². The Morgan fingerprint density at radius 1 is 1.64 bits per heavy atom.